The molecule has 1 spiro atoms. The summed E-state index contributed by atoms with van der Waals surface area (Å²) in [5.74, 6) is -1.18. The fraction of sp³-hybridized carbons (Fsp3) is 0.889. The van der Waals surface area contributed by atoms with Gasteiger partial charge in [-0.2, -0.15) is 0 Å². The van der Waals surface area contributed by atoms with Gasteiger partial charge in [0.1, 0.15) is 5.92 Å². The average Bonchev–Trinajstić information content (AvgIpc) is 2.97. The minimum atomic E-state index is -0.859. The zero-order valence-electron chi connectivity index (χ0n) is 14.9. The topological polar surface area (TPSA) is 96.9 Å². The van der Waals surface area contributed by atoms with Crippen LogP contribution in [0.4, 0.5) is 0 Å². The van der Waals surface area contributed by atoms with Crippen molar-refractivity contribution in [2.75, 3.05) is 6.61 Å². The highest BCUT2D eigenvalue weighted by Crippen LogP contribution is 2.37. The molecule has 0 unspecified atom stereocenters. The Kier molecular flexibility index (Phi) is 7.34. The molecule has 24 heavy (non-hydrogen) atoms. The molecule has 4 N–H and O–H groups in total. The van der Waals surface area contributed by atoms with Gasteiger partial charge < -0.3 is 20.9 Å². The number of nitrogens with zero attached hydrogens (tertiary/aromatic N) is 1. The second-order valence-corrected chi connectivity index (χ2v) is 7.13. The number of hydrogen-bond acceptors (Lipinski definition) is 5. The van der Waals surface area contributed by atoms with Crippen LogP contribution in [0.25, 0.3) is 0 Å². The largest absolute Gasteiger partial charge is 0.481 e. The predicted octanol–water partition coefficient (Wildman–Crippen LogP) is 3.01. The standard InChI is InChI=1S/C18H33N3O3/c1-2-3-4-5-6-7-8-9-11-14-15(16(22)23)18(12-10-13-24-18)21-17(19)20-14/h14-15H,2-13H2,1H3,(H,22,23)(H3,19,20,21)/t14-,15-,18-/m1/s1. The monoisotopic (exact) mass is 339 g/mol. The van der Waals surface area contributed by atoms with Crippen LogP contribution in [0.2, 0.25) is 0 Å². The quantitative estimate of drug-likeness (QED) is 0.532. The van der Waals surface area contributed by atoms with E-state index in [4.69, 9.17) is 10.5 Å². The Morgan fingerprint density at radius 2 is 1.96 bits per heavy atom. The van der Waals surface area contributed by atoms with Crippen molar-refractivity contribution >= 4 is 11.9 Å². The Morgan fingerprint density at radius 1 is 1.29 bits per heavy atom. The molecule has 2 aliphatic heterocycles. The lowest BCUT2D eigenvalue weighted by Crippen LogP contribution is -2.64. The first-order valence-electron chi connectivity index (χ1n) is 9.57. The summed E-state index contributed by atoms with van der Waals surface area (Å²) in [4.78, 5) is 16.2. The van der Waals surface area contributed by atoms with Gasteiger partial charge in [-0.15, -0.1) is 0 Å². The normalized spacial score (nSPS) is 29.5. The van der Waals surface area contributed by atoms with E-state index in [1.165, 1.54) is 38.5 Å². The van der Waals surface area contributed by atoms with E-state index in [-0.39, 0.29) is 6.04 Å². The zero-order valence-corrected chi connectivity index (χ0v) is 14.9. The van der Waals surface area contributed by atoms with E-state index >= 15 is 0 Å². The zero-order chi connectivity index (χ0) is 17.4. The Bertz CT molecular complexity index is 433. The van der Waals surface area contributed by atoms with Crippen molar-refractivity contribution < 1.29 is 14.6 Å². The van der Waals surface area contributed by atoms with E-state index in [1.807, 2.05) is 0 Å². The highest BCUT2D eigenvalue weighted by Gasteiger charge is 2.53. The van der Waals surface area contributed by atoms with E-state index in [9.17, 15) is 9.90 Å². The van der Waals surface area contributed by atoms with E-state index in [2.05, 4.69) is 17.2 Å². The Hall–Kier alpha value is -1.30. The molecule has 0 saturated carbocycles. The van der Waals surface area contributed by atoms with Gasteiger partial charge in [0.2, 0.25) is 0 Å². The summed E-state index contributed by atoms with van der Waals surface area (Å²) in [6.45, 7) is 2.81. The number of rotatable bonds is 10. The first-order chi connectivity index (χ1) is 11.6. The molecule has 2 rings (SSSR count). The molecule has 6 heteroatoms. The molecule has 0 aromatic rings. The van der Waals surface area contributed by atoms with E-state index in [0.717, 1.165) is 25.7 Å². The summed E-state index contributed by atoms with van der Waals surface area (Å²) in [6.07, 6.45) is 12.1. The van der Waals surface area contributed by atoms with Crippen LogP contribution in [0.1, 0.15) is 77.6 Å². The molecular formula is C18H33N3O3. The highest BCUT2D eigenvalue weighted by molar-refractivity contribution is 5.83. The van der Waals surface area contributed by atoms with Crippen molar-refractivity contribution in [2.45, 2.75) is 89.3 Å². The second kappa shape index (κ2) is 9.25. The molecule has 2 aliphatic rings. The number of nitrogens with one attached hydrogen (secondary N) is 1. The molecule has 1 fully saturated rings. The minimum Gasteiger partial charge on any atom is -0.481 e. The molecule has 0 aliphatic carbocycles. The first-order valence-corrected chi connectivity index (χ1v) is 9.57. The third-order valence-corrected chi connectivity index (χ3v) is 5.20. The Morgan fingerprint density at radius 3 is 2.54 bits per heavy atom. The first kappa shape index (κ1) is 19.0. The summed E-state index contributed by atoms with van der Waals surface area (Å²) >= 11 is 0. The number of aliphatic carboxylic acids is 1. The van der Waals surface area contributed by atoms with Gasteiger partial charge >= 0.3 is 5.97 Å². The molecule has 1 saturated heterocycles. The van der Waals surface area contributed by atoms with Crippen molar-refractivity contribution in [1.82, 2.24) is 5.32 Å². The number of carbonyl (C=O) groups is 1. The fourth-order valence-electron chi connectivity index (χ4n) is 3.98. The van der Waals surface area contributed by atoms with Crippen molar-refractivity contribution in [3.05, 3.63) is 0 Å². The highest BCUT2D eigenvalue weighted by atomic mass is 16.5. The molecule has 0 aromatic carbocycles. The maximum Gasteiger partial charge on any atom is 0.313 e. The van der Waals surface area contributed by atoms with Crippen LogP contribution in [0.5, 0.6) is 0 Å². The van der Waals surface area contributed by atoms with Gasteiger partial charge in [0, 0.05) is 6.61 Å². The van der Waals surface area contributed by atoms with Crippen LogP contribution >= 0.6 is 0 Å². The van der Waals surface area contributed by atoms with Crippen LogP contribution in [0.15, 0.2) is 4.99 Å². The van der Waals surface area contributed by atoms with Crippen molar-refractivity contribution in [2.24, 2.45) is 16.6 Å². The van der Waals surface area contributed by atoms with Gasteiger partial charge in [-0.3, -0.25) is 4.79 Å². The van der Waals surface area contributed by atoms with Gasteiger partial charge in [0.25, 0.3) is 0 Å². The van der Waals surface area contributed by atoms with Gasteiger partial charge in [-0.05, 0) is 19.3 Å². The van der Waals surface area contributed by atoms with Crippen LogP contribution < -0.4 is 11.1 Å². The van der Waals surface area contributed by atoms with Crippen molar-refractivity contribution in [3.8, 4) is 0 Å². The molecule has 138 valence electrons. The Labute approximate surface area is 145 Å². The number of aliphatic imine (C=N–C) groups is 1. The van der Waals surface area contributed by atoms with Gasteiger partial charge in [-0.1, -0.05) is 58.3 Å². The second-order valence-electron chi connectivity index (χ2n) is 7.13. The average molecular weight is 339 g/mol. The number of carboxylic acids is 1. The van der Waals surface area contributed by atoms with Gasteiger partial charge in [0.15, 0.2) is 11.7 Å². The van der Waals surface area contributed by atoms with Crippen LogP contribution in [0.3, 0.4) is 0 Å². The summed E-state index contributed by atoms with van der Waals surface area (Å²) in [5, 5.41) is 12.7. The van der Waals surface area contributed by atoms with E-state index < -0.39 is 17.6 Å². The van der Waals surface area contributed by atoms with Crippen LogP contribution in [0, 0.1) is 5.92 Å². The number of ether oxygens (including phenoxy) is 1. The Balaban J connectivity index is 1.81. The SMILES string of the molecule is CCCCCCCCCC[C@H]1N=C(N)N[C@@]2(CCCO2)[C@H]1C(=O)O. The number of hydrogen-bond donors (Lipinski definition) is 3. The predicted molar refractivity (Wildman–Crippen MR) is 94.8 cm³/mol. The van der Waals surface area contributed by atoms with E-state index in [1.54, 1.807) is 0 Å². The number of carboxylic acid groups (broad SMARTS) is 1. The number of guanidine groups is 1. The van der Waals surface area contributed by atoms with Crippen LogP contribution in [-0.2, 0) is 9.53 Å². The molecule has 2 heterocycles. The molecule has 0 radical (unpaired) electrons. The summed E-state index contributed by atoms with van der Waals surface area (Å²) < 4.78 is 5.79. The summed E-state index contributed by atoms with van der Waals surface area (Å²) in [7, 11) is 0. The number of nitrogens with two attached hydrogens (primary N) is 1. The smallest absolute Gasteiger partial charge is 0.313 e. The lowest BCUT2D eigenvalue weighted by atomic mass is 9.82. The number of unbranched alkanes of at least 4 members (excludes halogenated alkanes) is 7. The van der Waals surface area contributed by atoms with Crippen molar-refractivity contribution in [3.63, 3.8) is 0 Å². The lowest BCUT2D eigenvalue weighted by Gasteiger charge is -2.41. The fourth-order valence-corrected chi connectivity index (χ4v) is 3.98. The third kappa shape index (κ3) is 4.85. The molecule has 0 aromatic heterocycles. The van der Waals surface area contributed by atoms with Gasteiger partial charge in [0.05, 0.1) is 6.04 Å². The summed E-state index contributed by atoms with van der Waals surface area (Å²) in [6, 6.07) is -0.290. The van der Waals surface area contributed by atoms with Crippen molar-refractivity contribution in [1.29, 1.82) is 0 Å². The van der Waals surface area contributed by atoms with Crippen LogP contribution in [-0.4, -0.2) is 35.4 Å². The maximum atomic E-state index is 11.8. The van der Waals surface area contributed by atoms with E-state index in [0.29, 0.717) is 19.0 Å². The third-order valence-electron chi connectivity index (χ3n) is 5.20. The summed E-state index contributed by atoms with van der Waals surface area (Å²) in [5.41, 5.74) is 5.05. The molecule has 6 nitrogen and oxygen atoms in total. The maximum absolute atomic E-state index is 11.8. The minimum absolute atomic E-state index is 0.290. The molecule has 0 amide bonds. The molecule has 3 atom stereocenters. The molecule has 0 bridgehead atoms. The van der Waals surface area contributed by atoms with Gasteiger partial charge in [-0.25, -0.2) is 4.99 Å². The molecular weight excluding hydrogens is 306 g/mol. The lowest BCUT2D eigenvalue weighted by molar-refractivity contribution is -0.158.